The molecular formula is C10H20N2O3S. The number of carbonyl (C=O) groups excluding carboxylic acids is 1. The van der Waals surface area contributed by atoms with Gasteiger partial charge in [-0.2, -0.15) is 0 Å². The Morgan fingerprint density at radius 1 is 1.38 bits per heavy atom. The van der Waals surface area contributed by atoms with E-state index in [0.29, 0.717) is 6.42 Å². The van der Waals surface area contributed by atoms with Gasteiger partial charge >= 0.3 is 0 Å². The van der Waals surface area contributed by atoms with Crippen LogP contribution in [0.5, 0.6) is 0 Å². The van der Waals surface area contributed by atoms with Gasteiger partial charge in [-0.25, -0.2) is 8.42 Å². The van der Waals surface area contributed by atoms with Crippen molar-refractivity contribution in [1.82, 2.24) is 10.6 Å². The molecule has 0 aromatic rings. The van der Waals surface area contributed by atoms with Crippen LogP contribution < -0.4 is 10.6 Å². The highest BCUT2D eigenvalue weighted by Crippen LogP contribution is 2.10. The Balaban J connectivity index is 2.29. The second-order valence-corrected chi connectivity index (χ2v) is 7.51. The van der Waals surface area contributed by atoms with Crippen LogP contribution in [0, 0.1) is 0 Å². The second kappa shape index (κ2) is 4.71. The lowest BCUT2D eigenvalue weighted by atomic mass is 10.1. The van der Waals surface area contributed by atoms with Crippen LogP contribution in [0.15, 0.2) is 0 Å². The van der Waals surface area contributed by atoms with E-state index in [2.05, 4.69) is 10.6 Å². The van der Waals surface area contributed by atoms with Gasteiger partial charge < -0.3 is 10.6 Å². The zero-order valence-corrected chi connectivity index (χ0v) is 10.9. The van der Waals surface area contributed by atoms with Crippen molar-refractivity contribution in [2.24, 2.45) is 0 Å². The van der Waals surface area contributed by atoms with Gasteiger partial charge in [-0.05, 0) is 27.2 Å². The predicted molar refractivity (Wildman–Crippen MR) is 63.0 cm³/mol. The van der Waals surface area contributed by atoms with Crippen LogP contribution in [-0.4, -0.2) is 44.0 Å². The Bertz CT molecular complexity index is 357. The van der Waals surface area contributed by atoms with E-state index >= 15 is 0 Å². The standard InChI is InChI=1S/C10H20N2O3S/c1-10(2,3)12-9(13)6-11-8-4-5-16(14,15)7-8/h8,11H,4-7H2,1-3H3,(H,12,13). The van der Waals surface area contributed by atoms with Gasteiger partial charge in [0, 0.05) is 11.6 Å². The van der Waals surface area contributed by atoms with E-state index in [1.165, 1.54) is 0 Å². The van der Waals surface area contributed by atoms with Crippen molar-refractivity contribution in [3.8, 4) is 0 Å². The van der Waals surface area contributed by atoms with Gasteiger partial charge in [0.05, 0.1) is 18.1 Å². The Kier molecular flexibility index (Phi) is 3.96. The molecule has 0 saturated carbocycles. The summed E-state index contributed by atoms with van der Waals surface area (Å²) in [6, 6.07) is -0.0734. The fraction of sp³-hybridized carbons (Fsp3) is 0.900. The summed E-state index contributed by atoms with van der Waals surface area (Å²) in [7, 11) is -2.87. The SMILES string of the molecule is CC(C)(C)NC(=O)CNC1CCS(=O)(=O)C1. The average Bonchev–Trinajstić information content (AvgIpc) is 2.39. The lowest BCUT2D eigenvalue weighted by Gasteiger charge is -2.21. The van der Waals surface area contributed by atoms with Crippen LogP contribution in [0.2, 0.25) is 0 Å². The molecule has 1 rings (SSSR count). The van der Waals surface area contributed by atoms with Gasteiger partial charge in [0.25, 0.3) is 0 Å². The van der Waals surface area contributed by atoms with Gasteiger partial charge in [-0.15, -0.1) is 0 Å². The first-order valence-electron chi connectivity index (χ1n) is 5.43. The molecule has 1 heterocycles. The number of nitrogens with one attached hydrogen (secondary N) is 2. The molecule has 1 unspecified atom stereocenters. The molecule has 0 spiro atoms. The van der Waals surface area contributed by atoms with Crippen LogP contribution in [0.25, 0.3) is 0 Å². The topological polar surface area (TPSA) is 75.3 Å². The van der Waals surface area contributed by atoms with Crippen molar-refractivity contribution < 1.29 is 13.2 Å². The molecular weight excluding hydrogens is 228 g/mol. The molecule has 1 aliphatic rings. The molecule has 1 fully saturated rings. The first-order chi connectivity index (χ1) is 7.18. The highest BCUT2D eigenvalue weighted by atomic mass is 32.2. The van der Waals surface area contributed by atoms with E-state index in [4.69, 9.17) is 0 Å². The van der Waals surface area contributed by atoms with Crippen molar-refractivity contribution in [3.05, 3.63) is 0 Å². The number of rotatable bonds is 3. The Labute approximate surface area is 96.9 Å². The predicted octanol–water partition coefficient (Wildman–Crippen LogP) is -0.322. The Morgan fingerprint density at radius 2 is 2.00 bits per heavy atom. The lowest BCUT2D eigenvalue weighted by molar-refractivity contribution is -0.121. The summed E-state index contributed by atoms with van der Waals surface area (Å²) in [4.78, 5) is 11.5. The van der Waals surface area contributed by atoms with Crippen molar-refractivity contribution in [2.45, 2.75) is 38.8 Å². The summed E-state index contributed by atoms with van der Waals surface area (Å²) in [6.45, 7) is 5.90. The lowest BCUT2D eigenvalue weighted by Crippen LogP contribution is -2.46. The molecule has 5 nitrogen and oxygen atoms in total. The van der Waals surface area contributed by atoms with E-state index in [0.717, 1.165) is 0 Å². The van der Waals surface area contributed by atoms with Crippen LogP contribution in [0.1, 0.15) is 27.2 Å². The highest BCUT2D eigenvalue weighted by Gasteiger charge is 2.27. The molecule has 1 aliphatic heterocycles. The van der Waals surface area contributed by atoms with Gasteiger partial charge in [0.2, 0.25) is 5.91 Å². The van der Waals surface area contributed by atoms with Crippen LogP contribution in [0.4, 0.5) is 0 Å². The van der Waals surface area contributed by atoms with Gasteiger partial charge in [-0.3, -0.25) is 4.79 Å². The summed E-state index contributed by atoms with van der Waals surface area (Å²) in [5.74, 6) is 0.276. The molecule has 1 atom stereocenters. The number of amides is 1. The Hall–Kier alpha value is -0.620. The molecule has 0 bridgehead atoms. The summed E-state index contributed by atoms with van der Waals surface area (Å²) in [5, 5.41) is 5.78. The fourth-order valence-electron chi connectivity index (χ4n) is 1.66. The van der Waals surface area contributed by atoms with Gasteiger partial charge in [0.1, 0.15) is 0 Å². The van der Waals surface area contributed by atoms with E-state index < -0.39 is 9.84 Å². The normalized spacial score (nSPS) is 24.3. The first-order valence-corrected chi connectivity index (χ1v) is 7.25. The molecule has 0 aliphatic carbocycles. The maximum Gasteiger partial charge on any atom is 0.234 e. The van der Waals surface area contributed by atoms with Gasteiger partial charge in [0.15, 0.2) is 9.84 Å². The number of hydrogen-bond acceptors (Lipinski definition) is 4. The average molecular weight is 248 g/mol. The maximum absolute atomic E-state index is 11.5. The zero-order valence-electron chi connectivity index (χ0n) is 10.0. The van der Waals surface area contributed by atoms with Crippen LogP contribution >= 0.6 is 0 Å². The molecule has 6 heteroatoms. The number of carbonyl (C=O) groups is 1. The third-order valence-electron chi connectivity index (χ3n) is 2.30. The molecule has 1 saturated heterocycles. The molecule has 2 N–H and O–H groups in total. The van der Waals surface area contributed by atoms with Crippen molar-refractivity contribution in [3.63, 3.8) is 0 Å². The van der Waals surface area contributed by atoms with Crippen molar-refractivity contribution in [2.75, 3.05) is 18.1 Å². The van der Waals surface area contributed by atoms with Crippen LogP contribution in [-0.2, 0) is 14.6 Å². The highest BCUT2D eigenvalue weighted by molar-refractivity contribution is 7.91. The van der Waals surface area contributed by atoms with E-state index in [1.54, 1.807) is 0 Å². The summed E-state index contributed by atoms with van der Waals surface area (Å²) >= 11 is 0. The fourth-order valence-corrected chi connectivity index (χ4v) is 3.36. The minimum Gasteiger partial charge on any atom is -0.350 e. The third kappa shape index (κ3) is 4.94. The first kappa shape index (κ1) is 13.4. The van der Waals surface area contributed by atoms with Gasteiger partial charge in [-0.1, -0.05) is 0 Å². The number of hydrogen-bond donors (Lipinski definition) is 2. The van der Waals surface area contributed by atoms with E-state index in [9.17, 15) is 13.2 Å². The molecule has 0 aromatic heterocycles. The third-order valence-corrected chi connectivity index (χ3v) is 4.07. The number of sulfone groups is 1. The minimum atomic E-state index is -2.87. The quantitative estimate of drug-likeness (QED) is 0.717. The molecule has 0 aromatic carbocycles. The Morgan fingerprint density at radius 3 is 2.44 bits per heavy atom. The molecule has 1 amide bonds. The zero-order chi connectivity index (χ0) is 12.4. The van der Waals surface area contributed by atoms with Crippen molar-refractivity contribution in [1.29, 1.82) is 0 Å². The van der Waals surface area contributed by atoms with Crippen LogP contribution in [0.3, 0.4) is 0 Å². The summed E-state index contributed by atoms with van der Waals surface area (Å²) in [5.41, 5.74) is -0.249. The second-order valence-electron chi connectivity index (χ2n) is 5.28. The van der Waals surface area contributed by atoms with Crippen molar-refractivity contribution >= 4 is 15.7 Å². The molecule has 16 heavy (non-hydrogen) atoms. The maximum atomic E-state index is 11.5. The summed E-state index contributed by atoms with van der Waals surface area (Å²) in [6.07, 6.45) is 0.602. The minimum absolute atomic E-state index is 0.0734. The summed E-state index contributed by atoms with van der Waals surface area (Å²) < 4.78 is 22.3. The van der Waals surface area contributed by atoms with E-state index in [-0.39, 0.29) is 35.5 Å². The molecule has 0 radical (unpaired) electrons. The largest absolute Gasteiger partial charge is 0.350 e. The monoisotopic (exact) mass is 248 g/mol. The molecule has 94 valence electrons. The smallest absolute Gasteiger partial charge is 0.234 e. The van der Waals surface area contributed by atoms with E-state index in [1.807, 2.05) is 20.8 Å².